The topological polar surface area (TPSA) is 102 Å². The summed E-state index contributed by atoms with van der Waals surface area (Å²) in [6.45, 7) is 0.233. The molecular weight excluding hydrogens is 402 g/mol. The smallest absolute Gasteiger partial charge is 0.138 e. The van der Waals surface area contributed by atoms with Gasteiger partial charge in [-0.3, -0.25) is 4.98 Å². The highest BCUT2D eigenvalue weighted by Gasteiger charge is 2.12. The van der Waals surface area contributed by atoms with E-state index >= 15 is 0 Å². The Morgan fingerprint density at radius 3 is 2.53 bits per heavy atom. The van der Waals surface area contributed by atoms with E-state index < -0.39 is 9.92 Å². The molecule has 30 heavy (non-hydrogen) atoms. The number of rotatable bonds is 7. The summed E-state index contributed by atoms with van der Waals surface area (Å²) in [6.07, 6.45) is 5.13. The van der Waals surface area contributed by atoms with E-state index in [2.05, 4.69) is 14.7 Å². The summed E-state index contributed by atoms with van der Waals surface area (Å²) in [6, 6.07) is 14.0. The van der Waals surface area contributed by atoms with Crippen molar-refractivity contribution in [2.24, 2.45) is 7.05 Å². The highest BCUT2D eigenvalue weighted by atomic mass is 32.2. The maximum atomic E-state index is 12.8. The molecule has 0 amide bonds. The highest BCUT2D eigenvalue weighted by Crippen LogP contribution is 2.31. The van der Waals surface area contributed by atoms with E-state index in [0.717, 1.165) is 16.7 Å². The lowest BCUT2D eigenvalue weighted by atomic mass is 10.2. The van der Waals surface area contributed by atoms with Gasteiger partial charge >= 0.3 is 0 Å². The summed E-state index contributed by atoms with van der Waals surface area (Å²) in [5, 5.41) is 0.850. The van der Waals surface area contributed by atoms with Gasteiger partial charge in [0.05, 0.1) is 24.1 Å². The third kappa shape index (κ3) is 4.12. The van der Waals surface area contributed by atoms with E-state index in [1.807, 2.05) is 29.8 Å². The van der Waals surface area contributed by atoms with Gasteiger partial charge in [-0.1, -0.05) is 0 Å². The van der Waals surface area contributed by atoms with Crippen LogP contribution in [-0.2, 0) is 23.5 Å². The lowest BCUT2D eigenvalue weighted by molar-refractivity contribution is 0.415. The molecule has 2 aromatic carbocycles. The van der Waals surface area contributed by atoms with Crippen molar-refractivity contribution >= 4 is 20.8 Å². The molecule has 0 aliphatic heterocycles. The molecule has 2 N–H and O–H groups in total. The summed E-state index contributed by atoms with van der Waals surface area (Å²) >= 11 is 0. The van der Waals surface area contributed by atoms with Gasteiger partial charge in [-0.15, -0.1) is 0 Å². The van der Waals surface area contributed by atoms with Crippen LogP contribution < -0.4 is 14.2 Å². The van der Waals surface area contributed by atoms with Gasteiger partial charge in [0, 0.05) is 37.1 Å². The van der Waals surface area contributed by atoms with Crippen molar-refractivity contribution in [3.63, 3.8) is 0 Å². The minimum absolute atomic E-state index is 0.233. The van der Waals surface area contributed by atoms with Crippen LogP contribution in [0.3, 0.4) is 0 Å². The molecule has 2 aromatic heterocycles. The fourth-order valence-corrected chi connectivity index (χ4v) is 3.98. The molecule has 0 saturated heterocycles. The predicted octanol–water partition coefficient (Wildman–Crippen LogP) is 3.88. The van der Waals surface area contributed by atoms with E-state index in [9.17, 15) is 4.21 Å². The average molecular weight is 423 g/mol. The summed E-state index contributed by atoms with van der Waals surface area (Å²) in [4.78, 5) is 8.88. The summed E-state index contributed by atoms with van der Waals surface area (Å²) in [7, 11) is 0.290. The number of hydrogen-bond acceptors (Lipinski definition) is 6. The number of aromatic nitrogens is 3. The van der Waals surface area contributed by atoms with Gasteiger partial charge in [-0.05, 0) is 42.5 Å². The van der Waals surface area contributed by atoms with Gasteiger partial charge in [0.1, 0.15) is 33.0 Å². The number of methoxy groups -OCH3 is 1. The summed E-state index contributed by atoms with van der Waals surface area (Å²) in [5.41, 5.74) is 0.760. The number of pyridine rings is 1. The Labute approximate surface area is 174 Å². The van der Waals surface area contributed by atoms with E-state index in [0.29, 0.717) is 22.2 Å². The molecule has 4 aromatic rings. The predicted molar refractivity (Wildman–Crippen MR) is 114 cm³/mol. The Balaban J connectivity index is 1.51. The Morgan fingerprint density at radius 1 is 1.07 bits per heavy atom. The van der Waals surface area contributed by atoms with Gasteiger partial charge < -0.3 is 14.0 Å². The van der Waals surface area contributed by atoms with E-state index in [1.165, 1.54) is 0 Å². The van der Waals surface area contributed by atoms with Crippen molar-refractivity contribution < 1.29 is 13.7 Å². The van der Waals surface area contributed by atoms with Crippen LogP contribution in [0, 0.1) is 4.78 Å². The van der Waals surface area contributed by atoms with Crippen LogP contribution in [0.25, 0.3) is 10.9 Å². The maximum Gasteiger partial charge on any atom is 0.138 e. The molecule has 0 fully saturated rings. The number of fused-ring (bicyclic) bond motifs is 1. The maximum absolute atomic E-state index is 12.8. The third-order valence-electron chi connectivity index (χ3n) is 4.65. The SMILES string of the molecule is COc1ccc2c(Oc3ccc(S(=N)(=O)NCc4nccn4C)cc3)ccnc2c1. The Bertz CT molecular complexity index is 1280. The third-order valence-corrected chi connectivity index (χ3v) is 6.13. The van der Waals surface area contributed by atoms with Gasteiger partial charge in [0.2, 0.25) is 0 Å². The van der Waals surface area contributed by atoms with Crippen molar-refractivity contribution in [1.82, 2.24) is 19.3 Å². The second kappa shape index (κ2) is 8.13. The van der Waals surface area contributed by atoms with E-state index in [1.54, 1.807) is 56.0 Å². The summed E-state index contributed by atoms with van der Waals surface area (Å²) in [5.74, 6) is 2.65. The van der Waals surface area contributed by atoms with Crippen LogP contribution in [0.5, 0.6) is 17.2 Å². The first kappa shape index (κ1) is 19.9. The van der Waals surface area contributed by atoms with Crippen molar-refractivity contribution in [3.8, 4) is 17.2 Å². The first-order chi connectivity index (χ1) is 14.5. The molecule has 0 bridgehead atoms. The van der Waals surface area contributed by atoms with Crippen molar-refractivity contribution in [2.75, 3.05) is 7.11 Å². The lowest BCUT2D eigenvalue weighted by Crippen LogP contribution is -2.23. The summed E-state index contributed by atoms with van der Waals surface area (Å²) < 4.78 is 36.8. The molecule has 154 valence electrons. The molecule has 0 aliphatic rings. The van der Waals surface area contributed by atoms with Crippen LogP contribution in [0.1, 0.15) is 5.82 Å². The van der Waals surface area contributed by atoms with Crippen LogP contribution in [0.4, 0.5) is 0 Å². The monoisotopic (exact) mass is 423 g/mol. The fourth-order valence-electron chi connectivity index (χ4n) is 2.96. The normalized spacial score (nSPS) is 13.1. The second-order valence-corrected chi connectivity index (χ2v) is 8.47. The first-order valence-corrected chi connectivity index (χ1v) is 10.7. The zero-order valence-electron chi connectivity index (χ0n) is 16.5. The molecule has 0 aliphatic carbocycles. The zero-order valence-corrected chi connectivity index (χ0v) is 17.3. The molecule has 4 rings (SSSR count). The fraction of sp³-hybridized carbons (Fsp3) is 0.143. The lowest BCUT2D eigenvalue weighted by Gasteiger charge is -2.12. The minimum Gasteiger partial charge on any atom is -0.497 e. The molecular formula is C21H21N5O3S. The number of nitrogens with one attached hydrogen (secondary N) is 2. The molecule has 0 saturated carbocycles. The zero-order chi connectivity index (χ0) is 21.1. The number of hydrogen-bond donors (Lipinski definition) is 2. The van der Waals surface area contributed by atoms with Crippen LogP contribution >= 0.6 is 0 Å². The van der Waals surface area contributed by atoms with Crippen molar-refractivity contribution in [2.45, 2.75) is 11.4 Å². The van der Waals surface area contributed by atoms with Crippen molar-refractivity contribution in [1.29, 1.82) is 4.78 Å². The van der Waals surface area contributed by atoms with Crippen LogP contribution in [0.2, 0.25) is 0 Å². The Hall–Kier alpha value is -3.43. The molecule has 0 spiro atoms. The molecule has 8 nitrogen and oxygen atoms in total. The molecule has 9 heteroatoms. The average Bonchev–Trinajstić information content (AvgIpc) is 3.17. The van der Waals surface area contributed by atoms with Crippen LogP contribution in [0.15, 0.2) is 72.0 Å². The second-order valence-electron chi connectivity index (χ2n) is 6.60. The molecule has 1 unspecified atom stereocenters. The molecule has 2 heterocycles. The quantitative estimate of drug-likeness (QED) is 0.470. The van der Waals surface area contributed by atoms with Gasteiger partial charge in [0.25, 0.3) is 0 Å². The highest BCUT2D eigenvalue weighted by molar-refractivity contribution is 7.90. The minimum atomic E-state index is -3.17. The van der Waals surface area contributed by atoms with E-state index in [-0.39, 0.29) is 6.54 Å². The number of imidazole rings is 1. The number of aryl methyl sites for hydroxylation is 1. The van der Waals surface area contributed by atoms with Crippen molar-refractivity contribution in [3.05, 3.63) is 72.9 Å². The number of nitrogens with zero attached hydrogens (tertiary/aromatic N) is 3. The molecule has 1 atom stereocenters. The van der Waals surface area contributed by atoms with E-state index in [4.69, 9.17) is 14.3 Å². The van der Waals surface area contributed by atoms with Gasteiger partial charge in [0.15, 0.2) is 0 Å². The Morgan fingerprint density at radius 2 is 1.83 bits per heavy atom. The first-order valence-electron chi connectivity index (χ1n) is 9.16. The number of ether oxygens (including phenoxy) is 2. The standard InChI is InChI=1S/C21H21N5O3S/c1-26-12-11-24-21(26)14-25-30(22,27)17-6-3-15(4-7-17)29-20-9-10-23-19-13-16(28-2)5-8-18(19)20/h3-13H,14H2,1-2H3,(H2,22,25,27). The van der Waals surface area contributed by atoms with Gasteiger partial charge in [-0.25, -0.2) is 18.7 Å². The number of benzene rings is 2. The molecule has 0 radical (unpaired) electrons. The Kier molecular flexibility index (Phi) is 5.39. The van der Waals surface area contributed by atoms with Crippen LogP contribution in [-0.4, -0.2) is 25.9 Å². The van der Waals surface area contributed by atoms with Gasteiger partial charge in [-0.2, -0.15) is 0 Å². The largest absolute Gasteiger partial charge is 0.497 e.